The zero-order valence-corrected chi connectivity index (χ0v) is 21.5. The van der Waals surface area contributed by atoms with Gasteiger partial charge in [-0.25, -0.2) is 18.0 Å². The van der Waals surface area contributed by atoms with Crippen LogP contribution in [-0.4, -0.2) is 59.0 Å². The van der Waals surface area contributed by atoms with Crippen LogP contribution in [0.4, 0.5) is 9.59 Å². The van der Waals surface area contributed by atoms with Gasteiger partial charge in [0, 0.05) is 6.26 Å². The Morgan fingerprint density at radius 2 is 1.43 bits per heavy atom. The zero-order chi connectivity index (χ0) is 27.1. The molecule has 198 valence electrons. The van der Waals surface area contributed by atoms with Crippen LogP contribution in [0, 0.1) is 0 Å². The zero-order valence-electron chi connectivity index (χ0n) is 20.6. The lowest BCUT2D eigenvalue weighted by Gasteiger charge is -2.22. The lowest BCUT2D eigenvalue weighted by atomic mass is 10.0. The number of rotatable bonds is 8. The topological polar surface area (TPSA) is 180 Å². The number of aryl methyl sites for hydroxylation is 1. The standard InChI is InChI=1S/C17H24O5S.C4H10.C2H2N2O4/c1-17(16(18)19,23(2,20)21)12-11-13-7-9-15(10-8-13)22-14-5-3-4-6-14;1-3-4-2;5-1(6)3-4-2(7)8/h7-10,14H,3-6,11-12H2,1-2H3,(H,18,19);3-4H2,1-2H3;(H,5,6)(H,7,8)/b;;4-3+. The first-order chi connectivity index (χ1) is 16.3. The summed E-state index contributed by atoms with van der Waals surface area (Å²) in [6.45, 7) is 5.63. The van der Waals surface area contributed by atoms with E-state index in [9.17, 15) is 27.9 Å². The molecule has 3 N–H and O–H groups in total. The van der Waals surface area contributed by atoms with Crippen LogP contribution in [0.3, 0.4) is 0 Å². The molecule has 35 heavy (non-hydrogen) atoms. The molecule has 0 spiro atoms. The minimum atomic E-state index is -3.68. The van der Waals surface area contributed by atoms with Gasteiger partial charge in [0.15, 0.2) is 14.6 Å². The number of hydrogen-bond donors (Lipinski definition) is 3. The van der Waals surface area contributed by atoms with Gasteiger partial charge in [0.05, 0.1) is 6.10 Å². The smallest absolute Gasteiger partial charge is 0.450 e. The van der Waals surface area contributed by atoms with E-state index in [1.165, 1.54) is 32.6 Å². The van der Waals surface area contributed by atoms with Crippen molar-refractivity contribution in [3.8, 4) is 5.75 Å². The number of nitrogens with zero attached hydrogens (tertiary/aromatic N) is 2. The van der Waals surface area contributed by atoms with Gasteiger partial charge >= 0.3 is 18.2 Å². The summed E-state index contributed by atoms with van der Waals surface area (Å²) in [5.41, 5.74) is 0.903. The molecule has 1 atom stereocenters. The highest BCUT2D eigenvalue weighted by Crippen LogP contribution is 2.26. The molecule has 2 rings (SSSR count). The predicted octanol–water partition coefficient (Wildman–Crippen LogP) is 5.43. The van der Waals surface area contributed by atoms with Gasteiger partial charge in [0.25, 0.3) is 0 Å². The van der Waals surface area contributed by atoms with Crippen LogP contribution in [0.2, 0.25) is 0 Å². The van der Waals surface area contributed by atoms with Crippen molar-refractivity contribution in [2.75, 3.05) is 6.26 Å². The number of ether oxygens (including phenoxy) is 1. The van der Waals surface area contributed by atoms with Crippen LogP contribution >= 0.6 is 0 Å². The molecule has 0 radical (unpaired) electrons. The Kier molecular flexibility index (Phi) is 14.4. The van der Waals surface area contributed by atoms with E-state index in [0.717, 1.165) is 30.4 Å². The number of unbranched alkanes of at least 4 members (excludes halogenated alkanes) is 1. The molecule has 1 saturated carbocycles. The molecule has 1 aliphatic rings. The second-order valence-electron chi connectivity index (χ2n) is 8.24. The molecule has 1 unspecified atom stereocenters. The number of aliphatic carboxylic acids is 1. The Morgan fingerprint density at radius 1 is 0.971 bits per heavy atom. The van der Waals surface area contributed by atoms with Crippen molar-refractivity contribution in [2.45, 2.75) is 83.0 Å². The van der Waals surface area contributed by atoms with Crippen LogP contribution in [0.25, 0.3) is 0 Å². The predicted molar refractivity (Wildman–Crippen MR) is 130 cm³/mol. The number of azo groups is 1. The minimum Gasteiger partial charge on any atom is -0.490 e. The van der Waals surface area contributed by atoms with Crippen LogP contribution in [-0.2, 0) is 21.1 Å². The summed E-state index contributed by atoms with van der Waals surface area (Å²) in [6.07, 6.45) is 5.70. The Balaban J connectivity index is 0.000000801. The number of carbonyl (C=O) groups is 3. The summed E-state index contributed by atoms with van der Waals surface area (Å²) in [4.78, 5) is 30.1. The molecule has 1 aromatic carbocycles. The highest BCUT2D eigenvalue weighted by molar-refractivity contribution is 7.92. The third-order valence-electron chi connectivity index (χ3n) is 5.41. The molecule has 1 aliphatic carbocycles. The summed E-state index contributed by atoms with van der Waals surface area (Å²) >= 11 is 0. The van der Waals surface area contributed by atoms with Gasteiger partial charge in [0.2, 0.25) is 0 Å². The Bertz CT molecular complexity index is 922. The van der Waals surface area contributed by atoms with Crippen molar-refractivity contribution in [3.63, 3.8) is 0 Å². The van der Waals surface area contributed by atoms with E-state index in [1.54, 1.807) is 0 Å². The van der Waals surface area contributed by atoms with Gasteiger partial charge in [-0.2, -0.15) is 0 Å². The van der Waals surface area contributed by atoms with E-state index in [0.29, 0.717) is 12.5 Å². The van der Waals surface area contributed by atoms with E-state index in [1.807, 2.05) is 24.3 Å². The first kappa shape index (κ1) is 32.0. The molecule has 11 nitrogen and oxygen atoms in total. The number of benzene rings is 1. The van der Waals surface area contributed by atoms with Gasteiger partial charge < -0.3 is 20.1 Å². The summed E-state index contributed by atoms with van der Waals surface area (Å²) in [5.74, 6) is -0.494. The second kappa shape index (κ2) is 15.8. The largest absolute Gasteiger partial charge is 0.490 e. The number of sulfone groups is 1. The van der Waals surface area contributed by atoms with Crippen molar-refractivity contribution >= 4 is 28.0 Å². The Hall–Kier alpha value is -3.02. The van der Waals surface area contributed by atoms with Gasteiger partial charge in [-0.3, -0.25) is 4.79 Å². The van der Waals surface area contributed by atoms with E-state index in [-0.39, 0.29) is 6.42 Å². The van der Waals surface area contributed by atoms with E-state index in [2.05, 4.69) is 24.1 Å². The first-order valence-corrected chi connectivity index (χ1v) is 13.2. The molecule has 0 heterocycles. The molecule has 0 bridgehead atoms. The molecule has 1 aromatic rings. The molecular formula is C23H36N2O9S. The fourth-order valence-electron chi connectivity index (χ4n) is 2.85. The van der Waals surface area contributed by atoms with Gasteiger partial charge in [-0.1, -0.05) is 49.1 Å². The lowest BCUT2D eigenvalue weighted by molar-refractivity contribution is -0.139. The molecule has 2 amide bonds. The molecule has 0 aromatic heterocycles. The van der Waals surface area contributed by atoms with Crippen LogP contribution in [0.15, 0.2) is 34.5 Å². The van der Waals surface area contributed by atoms with E-state index >= 15 is 0 Å². The van der Waals surface area contributed by atoms with Gasteiger partial charge in [-0.15, -0.1) is 0 Å². The molecular weight excluding hydrogens is 480 g/mol. The van der Waals surface area contributed by atoms with Crippen LogP contribution < -0.4 is 4.74 Å². The maximum absolute atomic E-state index is 11.8. The number of hydrogen-bond acceptors (Lipinski definition) is 6. The van der Waals surface area contributed by atoms with Crippen molar-refractivity contribution in [3.05, 3.63) is 29.8 Å². The summed E-state index contributed by atoms with van der Waals surface area (Å²) in [6, 6.07) is 7.47. The summed E-state index contributed by atoms with van der Waals surface area (Å²) < 4.78 is 27.6. The number of amides is 2. The Labute approximate surface area is 206 Å². The van der Waals surface area contributed by atoms with Crippen molar-refractivity contribution < 1.29 is 42.9 Å². The number of carboxylic acid groups (broad SMARTS) is 3. The normalized spacial score (nSPS) is 15.2. The highest BCUT2D eigenvalue weighted by atomic mass is 32.2. The molecule has 1 fully saturated rings. The number of carboxylic acids is 1. The van der Waals surface area contributed by atoms with Crippen molar-refractivity contribution in [2.24, 2.45) is 10.2 Å². The highest BCUT2D eigenvalue weighted by Gasteiger charge is 2.43. The van der Waals surface area contributed by atoms with E-state index in [4.69, 9.17) is 14.9 Å². The summed E-state index contributed by atoms with van der Waals surface area (Å²) in [5, 5.41) is 29.1. The molecule has 0 saturated heterocycles. The van der Waals surface area contributed by atoms with Crippen molar-refractivity contribution in [1.82, 2.24) is 0 Å². The maximum atomic E-state index is 11.8. The van der Waals surface area contributed by atoms with E-state index < -0.39 is 32.7 Å². The summed E-state index contributed by atoms with van der Waals surface area (Å²) in [7, 11) is -3.68. The first-order valence-electron chi connectivity index (χ1n) is 11.3. The molecule has 0 aliphatic heterocycles. The van der Waals surface area contributed by atoms with Crippen LogP contribution in [0.1, 0.15) is 71.3 Å². The monoisotopic (exact) mass is 516 g/mol. The van der Waals surface area contributed by atoms with Gasteiger partial charge in [0.1, 0.15) is 5.75 Å². The van der Waals surface area contributed by atoms with Crippen LogP contribution in [0.5, 0.6) is 5.75 Å². The van der Waals surface area contributed by atoms with Crippen molar-refractivity contribution in [1.29, 1.82) is 0 Å². The maximum Gasteiger partial charge on any atom is 0.450 e. The van der Waals surface area contributed by atoms with Gasteiger partial charge in [-0.05, 0) is 63.1 Å². The lowest BCUT2D eigenvalue weighted by Crippen LogP contribution is -2.43. The SMILES string of the molecule is CC(CCc1ccc(OC2CCCC2)cc1)(C(=O)O)S(C)(=O)=O.CCCC.O=C(O)/N=N/C(=O)O. The quantitative estimate of drug-likeness (QED) is 0.379. The molecule has 12 heteroatoms. The third-order valence-corrected chi connectivity index (χ3v) is 7.43. The third kappa shape index (κ3) is 12.9. The second-order valence-corrected chi connectivity index (χ2v) is 10.7. The Morgan fingerprint density at radius 3 is 1.77 bits per heavy atom. The average Bonchev–Trinajstić information content (AvgIpc) is 3.29. The average molecular weight is 517 g/mol. The fourth-order valence-corrected chi connectivity index (χ4v) is 3.64. The fraction of sp³-hybridized carbons (Fsp3) is 0.609. The minimum absolute atomic E-state index is 0.0456.